The van der Waals surface area contributed by atoms with Gasteiger partial charge in [0.05, 0.1) is 5.56 Å². The van der Waals surface area contributed by atoms with Gasteiger partial charge in [0.15, 0.2) is 0 Å². The van der Waals surface area contributed by atoms with Crippen LogP contribution in [-0.2, 0) is 12.7 Å². The maximum atomic E-state index is 13.3. The molecule has 0 heterocycles. The van der Waals surface area contributed by atoms with E-state index in [1.807, 2.05) is 13.8 Å². The molecular formula is C16H23F3N2. The van der Waals surface area contributed by atoms with E-state index in [1.54, 1.807) is 24.1 Å². The van der Waals surface area contributed by atoms with Gasteiger partial charge in [-0.05, 0) is 49.9 Å². The lowest BCUT2D eigenvalue weighted by Gasteiger charge is -2.30. The van der Waals surface area contributed by atoms with Crippen LogP contribution in [0.3, 0.4) is 0 Å². The predicted octanol–water partition coefficient (Wildman–Crippen LogP) is 4.05. The predicted molar refractivity (Wildman–Crippen MR) is 79.4 cm³/mol. The largest absolute Gasteiger partial charge is 0.418 e. The van der Waals surface area contributed by atoms with Gasteiger partial charge in [-0.3, -0.25) is 0 Å². The molecule has 2 rings (SSSR count). The molecule has 1 atom stereocenters. The van der Waals surface area contributed by atoms with Gasteiger partial charge in [0.1, 0.15) is 0 Å². The maximum Gasteiger partial charge on any atom is 0.418 e. The number of nitrogens with zero attached hydrogens (tertiary/aromatic N) is 1. The van der Waals surface area contributed by atoms with Crippen molar-refractivity contribution >= 4 is 5.69 Å². The zero-order valence-corrected chi connectivity index (χ0v) is 12.8. The standard InChI is InChI=1S/C16H23F3N2/c1-4-20-10-12-5-8-15(14(9-12)16(17,18)19)21(3)11(2)13-6-7-13/h5,8-9,11,13,20H,4,6-7,10H2,1-3H3. The normalized spacial score (nSPS) is 16.9. The average Bonchev–Trinajstić information content (AvgIpc) is 3.27. The van der Waals surface area contributed by atoms with Crippen molar-refractivity contribution < 1.29 is 13.2 Å². The molecule has 21 heavy (non-hydrogen) atoms. The van der Waals surface area contributed by atoms with Gasteiger partial charge in [0, 0.05) is 25.3 Å². The van der Waals surface area contributed by atoms with Crippen molar-refractivity contribution in [1.82, 2.24) is 5.32 Å². The second kappa shape index (κ2) is 6.26. The lowest BCUT2D eigenvalue weighted by Crippen LogP contribution is -2.32. The molecule has 1 unspecified atom stereocenters. The SMILES string of the molecule is CCNCc1ccc(N(C)C(C)C2CC2)c(C(F)(F)F)c1. The fourth-order valence-electron chi connectivity index (χ4n) is 2.61. The van der Waals surface area contributed by atoms with Gasteiger partial charge in [-0.2, -0.15) is 13.2 Å². The second-order valence-corrected chi connectivity index (χ2v) is 5.82. The van der Waals surface area contributed by atoms with Crippen LogP contribution in [0, 0.1) is 5.92 Å². The zero-order valence-electron chi connectivity index (χ0n) is 12.8. The van der Waals surface area contributed by atoms with Gasteiger partial charge in [0.25, 0.3) is 0 Å². The van der Waals surface area contributed by atoms with Crippen LogP contribution in [0.4, 0.5) is 18.9 Å². The van der Waals surface area contributed by atoms with Crippen molar-refractivity contribution in [2.75, 3.05) is 18.5 Å². The number of hydrogen-bond donors (Lipinski definition) is 1. The first-order valence-corrected chi connectivity index (χ1v) is 7.48. The van der Waals surface area contributed by atoms with Gasteiger partial charge in [-0.1, -0.05) is 13.0 Å². The number of benzene rings is 1. The molecular weight excluding hydrogens is 277 g/mol. The molecule has 0 aliphatic heterocycles. The van der Waals surface area contributed by atoms with Gasteiger partial charge in [-0.25, -0.2) is 0 Å². The maximum absolute atomic E-state index is 13.3. The minimum Gasteiger partial charge on any atom is -0.371 e. The summed E-state index contributed by atoms with van der Waals surface area (Å²) in [6, 6.07) is 4.80. The summed E-state index contributed by atoms with van der Waals surface area (Å²) in [6.45, 7) is 5.14. The summed E-state index contributed by atoms with van der Waals surface area (Å²) in [5.74, 6) is 0.525. The summed E-state index contributed by atoms with van der Waals surface area (Å²) < 4.78 is 40.0. The van der Waals surface area contributed by atoms with E-state index >= 15 is 0 Å². The van der Waals surface area contributed by atoms with Crippen LogP contribution >= 0.6 is 0 Å². The van der Waals surface area contributed by atoms with E-state index in [9.17, 15) is 13.2 Å². The lowest BCUT2D eigenvalue weighted by atomic mass is 10.0. The summed E-state index contributed by atoms with van der Waals surface area (Å²) >= 11 is 0. The van der Waals surface area contributed by atoms with Crippen LogP contribution in [-0.4, -0.2) is 19.6 Å². The quantitative estimate of drug-likeness (QED) is 0.852. The minimum atomic E-state index is -4.32. The van der Waals surface area contributed by atoms with E-state index in [0.29, 0.717) is 18.0 Å². The molecule has 0 aromatic heterocycles. The summed E-state index contributed by atoms with van der Waals surface area (Å²) in [7, 11) is 1.76. The highest BCUT2D eigenvalue weighted by atomic mass is 19.4. The molecule has 1 N–H and O–H groups in total. The molecule has 118 valence electrons. The minimum absolute atomic E-state index is 0.144. The van der Waals surface area contributed by atoms with Crippen LogP contribution in [0.2, 0.25) is 0 Å². The van der Waals surface area contributed by atoms with Crippen molar-refractivity contribution in [3.63, 3.8) is 0 Å². The molecule has 1 fully saturated rings. The molecule has 1 aromatic rings. The van der Waals surface area contributed by atoms with Gasteiger partial charge in [-0.15, -0.1) is 0 Å². The topological polar surface area (TPSA) is 15.3 Å². The van der Waals surface area contributed by atoms with Crippen LogP contribution in [0.5, 0.6) is 0 Å². The Kier molecular flexibility index (Phi) is 4.81. The molecule has 5 heteroatoms. The fraction of sp³-hybridized carbons (Fsp3) is 0.625. The monoisotopic (exact) mass is 300 g/mol. The summed E-state index contributed by atoms with van der Waals surface area (Å²) in [6.07, 6.45) is -2.09. The first kappa shape index (κ1) is 16.1. The third-order valence-electron chi connectivity index (χ3n) is 4.24. The number of alkyl halides is 3. The van der Waals surface area contributed by atoms with Crippen LogP contribution < -0.4 is 10.2 Å². The Morgan fingerprint density at radius 3 is 2.52 bits per heavy atom. The highest BCUT2D eigenvalue weighted by Gasteiger charge is 2.37. The van der Waals surface area contributed by atoms with Crippen molar-refractivity contribution in [2.45, 2.75) is 45.5 Å². The van der Waals surface area contributed by atoms with E-state index in [4.69, 9.17) is 0 Å². The number of anilines is 1. The van der Waals surface area contributed by atoms with Crippen molar-refractivity contribution in [3.05, 3.63) is 29.3 Å². The smallest absolute Gasteiger partial charge is 0.371 e. The Morgan fingerprint density at radius 2 is 2.00 bits per heavy atom. The molecule has 1 aliphatic rings. The van der Waals surface area contributed by atoms with Crippen LogP contribution in [0.15, 0.2) is 18.2 Å². The molecule has 1 aromatic carbocycles. The Bertz CT molecular complexity index is 481. The number of nitrogens with one attached hydrogen (secondary N) is 1. The van der Waals surface area contributed by atoms with Crippen molar-refractivity contribution in [3.8, 4) is 0 Å². The van der Waals surface area contributed by atoms with E-state index < -0.39 is 11.7 Å². The Hall–Kier alpha value is -1.23. The molecule has 0 radical (unpaired) electrons. The Morgan fingerprint density at radius 1 is 1.33 bits per heavy atom. The molecule has 1 aliphatic carbocycles. The fourth-order valence-corrected chi connectivity index (χ4v) is 2.61. The lowest BCUT2D eigenvalue weighted by molar-refractivity contribution is -0.137. The number of hydrogen-bond acceptors (Lipinski definition) is 2. The molecule has 2 nitrogen and oxygen atoms in total. The number of halogens is 3. The zero-order chi connectivity index (χ0) is 15.6. The Balaban J connectivity index is 2.30. The second-order valence-electron chi connectivity index (χ2n) is 5.82. The van der Waals surface area contributed by atoms with Gasteiger partial charge in [0.2, 0.25) is 0 Å². The van der Waals surface area contributed by atoms with Crippen LogP contribution in [0.1, 0.15) is 37.8 Å². The molecule has 1 saturated carbocycles. The first-order chi connectivity index (χ1) is 9.84. The molecule has 0 bridgehead atoms. The van der Waals surface area contributed by atoms with E-state index in [0.717, 1.165) is 19.4 Å². The summed E-state index contributed by atoms with van der Waals surface area (Å²) in [4.78, 5) is 1.78. The average molecular weight is 300 g/mol. The van der Waals surface area contributed by atoms with Gasteiger partial charge >= 0.3 is 6.18 Å². The Labute approximate surface area is 124 Å². The highest BCUT2D eigenvalue weighted by molar-refractivity contribution is 5.56. The summed E-state index contributed by atoms with van der Waals surface area (Å²) in [5.41, 5.74) is 0.412. The van der Waals surface area contributed by atoms with E-state index in [2.05, 4.69) is 5.32 Å². The van der Waals surface area contributed by atoms with Crippen LogP contribution in [0.25, 0.3) is 0 Å². The third-order valence-corrected chi connectivity index (χ3v) is 4.24. The molecule has 0 spiro atoms. The van der Waals surface area contributed by atoms with E-state index in [1.165, 1.54) is 6.07 Å². The molecule has 0 saturated heterocycles. The van der Waals surface area contributed by atoms with E-state index in [-0.39, 0.29) is 11.7 Å². The highest BCUT2D eigenvalue weighted by Crippen LogP contribution is 2.41. The van der Waals surface area contributed by atoms with Crippen molar-refractivity contribution in [2.24, 2.45) is 5.92 Å². The number of rotatable bonds is 6. The summed E-state index contributed by atoms with van der Waals surface area (Å²) in [5, 5.41) is 3.06. The first-order valence-electron chi connectivity index (χ1n) is 7.48. The van der Waals surface area contributed by atoms with Gasteiger partial charge < -0.3 is 10.2 Å². The van der Waals surface area contributed by atoms with Crippen molar-refractivity contribution in [1.29, 1.82) is 0 Å². The third kappa shape index (κ3) is 3.90. The molecule has 0 amide bonds.